The third-order valence-corrected chi connectivity index (χ3v) is 5.17. The monoisotopic (exact) mass is 398 g/mol. The quantitative estimate of drug-likeness (QED) is 0.543. The number of nitrogens with zero attached hydrogens (tertiary/aromatic N) is 2. The number of likely N-dealkylation sites (N-methyl/N-ethyl adjacent to an activating group) is 1. The van der Waals surface area contributed by atoms with E-state index in [0.717, 1.165) is 26.5 Å². The molecule has 0 saturated heterocycles. The fourth-order valence-corrected chi connectivity index (χ4v) is 3.59. The average molecular weight is 398 g/mol. The Morgan fingerprint density at radius 3 is 2.64 bits per heavy atom. The predicted molar refractivity (Wildman–Crippen MR) is 108 cm³/mol. The summed E-state index contributed by atoms with van der Waals surface area (Å²) in [6, 6.07) is 15.4. The lowest BCUT2D eigenvalue weighted by molar-refractivity contribution is -0.152. The molecular formula is C21H22N2O4S. The molecule has 0 bridgehead atoms. The van der Waals surface area contributed by atoms with Crippen molar-refractivity contribution in [3.8, 4) is 5.75 Å². The molecule has 3 aromatic rings. The highest BCUT2D eigenvalue weighted by molar-refractivity contribution is 7.18. The fourth-order valence-electron chi connectivity index (χ4n) is 2.57. The second-order valence-electron chi connectivity index (χ2n) is 6.35. The van der Waals surface area contributed by atoms with E-state index in [1.54, 1.807) is 18.4 Å². The zero-order chi connectivity index (χ0) is 19.9. The van der Waals surface area contributed by atoms with Gasteiger partial charge in [-0.15, -0.1) is 11.3 Å². The standard InChI is InChI=1S/C21H22N2O4S/c1-15-7-3-5-9-17(15)26-12-11-21(25)27-14-20(24)23(2)13-19-22-16-8-4-6-10-18(16)28-19/h3-10H,11-14H2,1-2H3. The average Bonchev–Trinajstić information content (AvgIpc) is 3.09. The van der Waals surface area contributed by atoms with Gasteiger partial charge in [-0.1, -0.05) is 30.3 Å². The molecule has 0 saturated carbocycles. The Morgan fingerprint density at radius 2 is 1.86 bits per heavy atom. The van der Waals surface area contributed by atoms with Gasteiger partial charge in [-0.25, -0.2) is 4.98 Å². The summed E-state index contributed by atoms with van der Waals surface area (Å²) in [5, 5.41) is 0.843. The van der Waals surface area contributed by atoms with Crippen LogP contribution in [0.2, 0.25) is 0 Å². The van der Waals surface area contributed by atoms with Crippen LogP contribution in [0, 0.1) is 6.92 Å². The van der Waals surface area contributed by atoms with Crippen molar-refractivity contribution in [2.45, 2.75) is 19.9 Å². The maximum atomic E-state index is 12.2. The highest BCUT2D eigenvalue weighted by atomic mass is 32.1. The largest absolute Gasteiger partial charge is 0.493 e. The predicted octanol–water partition coefficient (Wildman–Crippen LogP) is 3.58. The number of thiazole rings is 1. The number of aromatic nitrogens is 1. The van der Waals surface area contributed by atoms with Gasteiger partial charge in [-0.2, -0.15) is 0 Å². The second-order valence-corrected chi connectivity index (χ2v) is 7.46. The van der Waals surface area contributed by atoms with Crippen LogP contribution in [0.4, 0.5) is 0 Å². The molecule has 3 rings (SSSR count). The minimum Gasteiger partial charge on any atom is -0.493 e. The van der Waals surface area contributed by atoms with E-state index in [-0.39, 0.29) is 25.5 Å². The van der Waals surface area contributed by atoms with Crippen LogP contribution in [-0.2, 0) is 20.9 Å². The van der Waals surface area contributed by atoms with Gasteiger partial charge in [0.05, 0.1) is 29.8 Å². The number of carbonyl (C=O) groups is 2. The maximum absolute atomic E-state index is 12.2. The third-order valence-electron chi connectivity index (χ3n) is 4.15. The molecule has 0 spiro atoms. The number of hydrogen-bond donors (Lipinski definition) is 0. The van der Waals surface area contributed by atoms with E-state index in [0.29, 0.717) is 6.54 Å². The van der Waals surface area contributed by atoms with Crippen molar-refractivity contribution in [1.29, 1.82) is 0 Å². The molecular weight excluding hydrogens is 376 g/mol. The Bertz CT molecular complexity index is 937. The number of benzene rings is 2. The van der Waals surface area contributed by atoms with Gasteiger partial charge in [0.15, 0.2) is 6.61 Å². The maximum Gasteiger partial charge on any atom is 0.309 e. The number of ether oxygens (including phenoxy) is 2. The van der Waals surface area contributed by atoms with Crippen LogP contribution < -0.4 is 4.74 Å². The first-order valence-electron chi connectivity index (χ1n) is 8.95. The summed E-state index contributed by atoms with van der Waals surface area (Å²) in [7, 11) is 1.67. The van der Waals surface area contributed by atoms with Gasteiger partial charge in [0.2, 0.25) is 0 Å². The molecule has 0 radical (unpaired) electrons. The Morgan fingerprint density at radius 1 is 1.11 bits per heavy atom. The summed E-state index contributed by atoms with van der Waals surface area (Å²) in [4.78, 5) is 30.1. The molecule has 7 heteroatoms. The first-order valence-corrected chi connectivity index (χ1v) is 9.77. The summed E-state index contributed by atoms with van der Waals surface area (Å²) in [6.45, 7) is 2.24. The summed E-state index contributed by atoms with van der Waals surface area (Å²) in [5.41, 5.74) is 1.92. The molecule has 0 N–H and O–H groups in total. The van der Waals surface area contributed by atoms with Crippen LogP contribution in [0.15, 0.2) is 48.5 Å². The van der Waals surface area contributed by atoms with Gasteiger partial charge in [-0.05, 0) is 30.7 Å². The number of esters is 1. The number of rotatable bonds is 8. The molecule has 146 valence electrons. The highest BCUT2D eigenvalue weighted by Gasteiger charge is 2.14. The number of fused-ring (bicyclic) bond motifs is 1. The fraction of sp³-hybridized carbons (Fsp3) is 0.286. The Labute approximate surface area is 167 Å². The summed E-state index contributed by atoms with van der Waals surface area (Å²) >= 11 is 1.55. The van der Waals surface area contributed by atoms with E-state index in [4.69, 9.17) is 9.47 Å². The van der Waals surface area contributed by atoms with Crippen LogP contribution >= 0.6 is 11.3 Å². The van der Waals surface area contributed by atoms with Crippen LogP contribution in [0.3, 0.4) is 0 Å². The van der Waals surface area contributed by atoms with Gasteiger partial charge in [0.25, 0.3) is 5.91 Å². The molecule has 1 heterocycles. The minimum atomic E-state index is -0.463. The van der Waals surface area contributed by atoms with E-state index in [1.165, 1.54) is 4.90 Å². The number of hydrogen-bond acceptors (Lipinski definition) is 6. The summed E-state index contributed by atoms with van der Waals surface area (Å²) < 4.78 is 11.7. The Kier molecular flexibility index (Phi) is 6.60. The van der Waals surface area contributed by atoms with Crippen molar-refractivity contribution in [1.82, 2.24) is 9.88 Å². The van der Waals surface area contributed by atoms with Crippen molar-refractivity contribution in [2.75, 3.05) is 20.3 Å². The molecule has 1 aromatic heterocycles. The van der Waals surface area contributed by atoms with Crippen molar-refractivity contribution in [3.05, 3.63) is 59.1 Å². The summed E-state index contributed by atoms with van der Waals surface area (Å²) in [6.07, 6.45) is 0.0865. The molecule has 0 atom stereocenters. The van der Waals surface area contributed by atoms with E-state index < -0.39 is 5.97 Å². The lowest BCUT2D eigenvalue weighted by Crippen LogP contribution is -2.31. The molecule has 0 unspecified atom stereocenters. The van der Waals surface area contributed by atoms with Crippen molar-refractivity contribution >= 4 is 33.4 Å². The summed E-state index contributed by atoms with van der Waals surface area (Å²) in [5.74, 6) is 0.00435. The van der Waals surface area contributed by atoms with E-state index in [2.05, 4.69) is 4.98 Å². The lowest BCUT2D eigenvalue weighted by Gasteiger charge is -2.15. The van der Waals surface area contributed by atoms with Crippen LogP contribution in [-0.4, -0.2) is 42.0 Å². The lowest BCUT2D eigenvalue weighted by atomic mass is 10.2. The van der Waals surface area contributed by atoms with Crippen molar-refractivity contribution in [2.24, 2.45) is 0 Å². The normalized spacial score (nSPS) is 10.6. The van der Waals surface area contributed by atoms with Crippen LogP contribution in [0.25, 0.3) is 10.2 Å². The third kappa shape index (κ3) is 5.29. The van der Waals surface area contributed by atoms with Crippen molar-refractivity contribution < 1.29 is 19.1 Å². The molecule has 0 aliphatic rings. The molecule has 2 aromatic carbocycles. The van der Waals surface area contributed by atoms with E-state index >= 15 is 0 Å². The minimum absolute atomic E-state index is 0.0865. The van der Waals surface area contributed by atoms with Gasteiger partial charge < -0.3 is 14.4 Å². The molecule has 1 amide bonds. The van der Waals surface area contributed by atoms with Crippen LogP contribution in [0.5, 0.6) is 5.75 Å². The molecule has 6 nitrogen and oxygen atoms in total. The topological polar surface area (TPSA) is 68.7 Å². The van der Waals surface area contributed by atoms with Gasteiger partial charge in [0, 0.05) is 7.05 Å². The molecule has 0 aliphatic carbocycles. The zero-order valence-corrected chi connectivity index (χ0v) is 16.7. The first-order chi connectivity index (χ1) is 13.5. The van der Waals surface area contributed by atoms with Crippen LogP contribution in [0.1, 0.15) is 17.0 Å². The van der Waals surface area contributed by atoms with Crippen molar-refractivity contribution in [3.63, 3.8) is 0 Å². The van der Waals surface area contributed by atoms with Gasteiger partial charge >= 0.3 is 5.97 Å². The first kappa shape index (κ1) is 19.8. The SMILES string of the molecule is Cc1ccccc1OCCC(=O)OCC(=O)N(C)Cc1nc2ccccc2s1. The Balaban J connectivity index is 1.40. The number of para-hydroxylation sites is 2. The second kappa shape index (κ2) is 9.32. The highest BCUT2D eigenvalue weighted by Crippen LogP contribution is 2.22. The molecule has 28 heavy (non-hydrogen) atoms. The zero-order valence-electron chi connectivity index (χ0n) is 15.9. The van der Waals surface area contributed by atoms with E-state index in [9.17, 15) is 9.59 Å². The van der Waals surface area contributed by atoms with E-state index in [1.807, 2.05) is 55.5 Å². The number of carbonyl (C=O) groups excluding carboxylic acids is 2. The molecule has 0 aliphatic heterocycles. The van der Waals surface area contributed by atoms with Gasteiger partial charge in [0.1, 0.15) is 10.8 Å². The smallest absolute Gasteiger partial charge is 0.309 e. The number of aryl methyl sites for hydroxylation is 1. The number of amides is 1. The van der Waals surface area contributed by atoms with Gasteiger partial charge in [-0.3, -0.25) is 9.59 Å². The Hall–Kier alpha value is -2.93. The molecule has 0 fully saturated rings.